The minimum Gasteiger partial charge on any atom is -0.497 e. The maximum absolute atomic E-state index is 9.96. The van der Waals surface area contributed by atoms with Crippen molar-refractivity contribution >= 4 is 6.09 Å². The number of carbonyl (C=O) groups is 1. The highest BCUT2D eigenvalue weighted by atomic mass is 16.5. The second-order valence-electron chi connectivity index (χ2n) is 3.39. The maximum atomic E-state index is 9.96. The Morgan fingerprint density at radius 2 is 1.88 bits per heavy atom. The highest BCUT2D eigenvalue weighted by Gasteiger charge is 1.90. The lowest BCUT2D eigenvalue weighted by molar-refractivity contribution is 0.154. The molecule has 1 aromatic carbocycles. The highest BCUT2D eigenvalue weighted by Crippen LogP contribution is 2.05. The molecule has 1 amide bonds. The van der Waals surface area contributed by atoms with Crippen molar-refractivity contribution in [2.24, 2.45) is 5.73 Å². The highest BCUT2D eigenvalue weighted by molar-refractivity contribution is 5.64. The summed E-state index contributed by atoms with van der Waals surface area (Å²) in [5.41, 5.74) is 4.71. The van der Waals surface area contributed by atoms with Crippen molar-refractivity contribution in [3.63, 3.8) is 0 Å². The fourth-order valence-corrected chi connectivity index (χ4v) is 1.08. The minimum absolute atomic E-state index is 0.461. The van der Waals surface area contributed by atoms with Gasteiger partial charge in [-0.3, -0.25) is 0 Å². The Bertz CT molecular complexity index is 288. The Morgan fingerprint density at radius 1 is 1.24 bits per heavy atom. The molecule has 4 heteroatoms. The van der Waals surface area contributed by atoms with Crippen LogP contribution in [0.3, 0.4) is 0 Å². The van der Waals surface area contributed by atoms with E-state index in [1.165, 1.54) is 0 Å². The molecule has 0 atom stereocenters. The molecule has 0 saturated heterocycles. The number of para-hydroxylation sites is 1. The fraction of sp³-hybridized carbons (Fsp3) is 0.462. The number of unbranched alkanes of at least 4 members (excludes halogenated alkanes) is 2. The van der Waals surface area contributed by atoms with Gasteiger partial charge in [0.15, 0.2) is 0 Å². The predicted molar refractivity (Wildman–Crippen MR) is 68.1 cm³/mol. The Labute approximate surface area is 103 Å². The van der Waals surface area contributed by atoms with Crippen LogP contribution in [-0.4, -0.2) is 19.8 Å². The maximum Gasteiger partial charge on any atom is 0.404 e. The van der Waals surface area contributed by atoms with Crippen molar-refractivity contribution in [3.05, 3.63) is 30.3 Å². The lowest BCUT2D eigenvalue weighted by Gasteiger charge is -1.97. The molecule has 0 heterocycles. The van der Waals surface area contributed by atoms with E-state index in [0.717, 1.165) is 25.0 Å². The molecule has 0 unspecified atom stereocenters. The quantitative estimate of drug-likeness (QED) is 0.803. The molecular weight excluding hydrogens is 218 g/mol. The Balaban J connectivity index is 0.000000302. The summed E-state index contributed by atoms with van der Waals surface area (Å²) >= 11 is 0. The molecule has 1 rings (SSSR count). The number of methoxy groups -OCH3 is 1. The van der Waals surface area contributed by atoms with E-state index in [2.05, 4.69) is 11.7 Å². The summed E-state index contributed by atoms with van der Waals surface area (Å²) in [6.07, 6.45) is 2.46. The molecule has 0 aliphatic heterocycles. The Hall–Kier alpha value is -1.71. The average Bonchev–Trinajstić information content (AvgIpc) is 2.36. The third-order valence-electron chi connectivity index (χ3n) is 1.97. The molecule has 0 bridgehead atoms. The zero-order valence-electron chi connectivity index (χ0n) is 10.5. The third-order valence-corrected chi connectivity index (χ3v) is 1.97. The third kappa shape index (κ3) is 10.6. The molecule has 0 fully saturated rings. The van der Waals surface area contributed by atoms with Gasteiger partial charge in [0.05, 0.1) is 13.7 Å². The summed E-state index contributed by atoms with van der Waals surface area (Å²) in [5.74, 6) is 0.910. The van der Waals surface area contributed by atoms with Crippen LogP contribution in [0.25, 0.3) is 0 Å². The van der Waals surface area contributed by atoms with Crippen LogP contribution in [0.15, 0.2) is 30.3 Å². The van der Waals surface area contributed by atoms with E-state index in [1.807, 2.05) is 30.3 Å². The van der Waals surface area contributed by atoms with E-state index >= 15 is 0 Å². The van der Waals surface area contributed by atoms with Crippen molar-refractivity contribution in [2.75, 3.05) is 13.7 Å². The number of nitrogens with two attached hydrogens (primary N) is 1. The Morgan fingerprint density at radius 3 is 2.29 bits per heavy atom. The van der Waals surface area contributed by atoms with E-state index in [1.54, 1.807) is 7.11 Å². The number of benzene rings is 1. The van der Waals surface area contributed by atoms with Gasteiger partial charge in [0.25, 0.3) is 0 Å². The second-order valence-corrected chi connectivity index (χ2v) is 3.39. The Kier molecular flexibility index (Phi) is 9.71. The summed E-state index contributed by atoms with van der Waals surface area (Å²) in [6.45, 7) is 2.55. The first-order valence-corrected chi connectivity index (χ1v) is 5.72. The van der Waals surface area contributed by atoms with Gasteiger partial charge in [-0.05, 0) is 18.6 Å². The fourth-order valence-electron chi connectivity index (χ4n) is 1.08. The van der Waals surface area contributed by atoms with Gasteiger partial charge in [0, 0.05) is 0 Å². The zero-order chi connectivity index (χ0) is 12.9. The van der Waals surface area contributed by atoms with E-state index in [-0.39, 0.29) is 0 Å². The smallest absolute Gasteiger partial charge is 0.404 e. The van der Waals surface area contributed by atoms with Crippen molar-refractivity contribution in [1.29, 1.82) is 0 Å². The largest absolute Gasteiger partial charge is 0.497 e. The number of carbonyl (C=O) groups excluding carboxylic acids is 1. The van der Waals surface area contributed by atoms with Crippen LogP contribution in [0.4, 0.5) is 4.79 Å². The zero-order valence-corrected chi connectivity index (χ0v) is 10.5. The van der Waals surface area contributed by atoms with Crippen LogP contribution >= 0.6 is 0 Å². The predicted octanol–water partition coefficient (Wildman–Crippen LogP) is 2.97. The van der Waals surface area contributed by atoms with E-state index in [4.69, 9.17) is 10.5 Å². The first kappa shape index (κ1) is 15.3. The van der Waals surface area contributed by atoms with Gasteiger partial charge in [0.1, 0.15) is 5.75 Å². The number of rotatable bonds is 5. The van der Waals surface area contributed by atoms with Gasteiger partial charge in [0.2, 0.25) is 0 Å². The average molecular weight is 239 g/mol. The van der Waals surface area contributed by atoms with E-state index in [9.17, 15) is 4.79 Å². The van der Waals surface area contributed by atoms with Crippen LogP contribution < -0.4 is 10.5 Å². The van der Waals surface area contributed by atoms with Crippen molar-refractivity contribution in [2.45, 2.75) is 26.2 Å². The van der Waals surface area contributed by atoms with Crippen LogP contribution in [-0.2, 0) is 4.74 Å². The van der Waals surface area contributed by atoms with Crippen LogP contribution in [0.5, 0.6) is 5.75 Å². The first-order valence-electron chi connectivity index (χ1n) is 5.72. The SMILES string of the molecule is CCCCCOC(N)=O.COc1ccccc1. The van der Waals surface area contributed by atoms with Gasteiger partial charge in [-0.15, -0.1) is 0 Å². The second kappa shape index (κ2) is 10.8. The number of amides is 1. The molecule has 96 valence electrons. The summed E-state index contributed by atoms with van der Waals surface area (Å²) in [5, 5.41) is 0. The lowest BCUT2D eigenvalue weighted by atomic mass is 10.3. The first-order chi connectivity index (χ1) is 8.20. The van der Waals surface area contributed by atoms with E-state index < -0.39 is 6.09 Å². The minimum atomic E-state index is -0.675. The molecular formula is C13H21NO3. The summed E-state index contributed by atoms with van der Waals surface area (Å²) in [4.78, 5) is 9.96. The van der Waals surface area contributed by atoms with Gasteiger partial charge in [-0.1, -0.05) is 38.0 Å². The molecule has 0 radical (unpaired) electrons. The molecule has 0 saturated carbocycles. The monoisotopic (exact) mass is 239 g/mol. The van der Waals surface area contributed by atoms with Crippen LogP contribution in [0.1, 0.15) is 26.2 Å². The van der Waals surface area contributed by atoms with Crippen molar-refractivity contribution in [3.8, 4) is 5.75 Å². The molecule has 1 aromatic rings. The van der Waals surface area contributed by atoms with Crippen LogP contribution in [0.2, 0.25) is 0 Å². The van der Waals surface area contributed by atoms with Crippen LogP contribution in [0, 0.1) is 0 Å². The molecule has 0 aliphatic rings. The normalized spacial score (nSPS) is 8.82. The standard InChI is InChI=1S/C7H8O.C6H13NO2/c1-8-7-5-3-2-4-6-7;1-2-3-4-5-9-6(7)8/h2-6H,1H3;2-5H2,1H3,(H2,7,8). The summed E-state index contributed by atoms with van der Waals surface area (Å²) in [7, 11) is 1.66. The summed E-state index contributed by atoms with van der Waals surface area (Å²) in [6, 6.07) is 9.68. The van der Waals surface area contributed by atoms with Gasteiger partial charge < -0.3 is 15.2 Å². The van der Waals surface area contributed by atoms with Gasteiger partial charge >= 0.3 is 6.09 Å². The topological polar surface area (TPSA) is 61.5 Å². The van der Waals surface area contributed by atoms with Gasteiger partial charge in [-0.25, -0.2) is 4.79 Å². The number of hydrogen-bond acceptors (Lipinski definition) is 3. The number of primary amides is 1. The number of ether oxygens (including phenoxy) is 2. The molecule has 2 N–H and O–H groups in total. The lowest BCUT2D eigenvalue weighted by Crippen LogP contribution is -2.13. The molecule has 4 nitrogen and oxygen atoms in total. The molecule has 0 spiro atoms. The molecule has 0 aromatic heterocycles. The number of hydrogen-bond donors (Lipinski definition) is 1. The molecule has 0 aliphatic carbocycles. The van der Waals surface area contributed by atoms with Crippen molar-refractivity contribution in [1.82, 2.24) is 0 Å². The summed E-state index contributed by atoms with van der Waals surface area (Å²) < 4.78 is 9.40. The molecule has 17 heavy (non-hydrogen) atoms. The van der Waals surface area contributed by atoms with Crippen molar-refractivity contribution < 1.29 is 14.3 Å². The van der Waals surface area contributed by atoms with Gasteiger partial charge in [-0.2, -0.15) is 0 Å². The van der Waals surface area contributed by atoms with E-state index in [0.29, 0.717) is 6.61 Å².